The smallest absolute Gasteiger partial charge is 0.286 e. The number of terminal acetylenes is 1. The van der Waals surface area contributed by atoms with E-state index < -0.39 is 16.5 Å². The van der Waals surface area contributed by atoms with Gasteiger partial charge in [-0.05, 0) is 24.1 Å². The molecule has 0 N–H and O–H groups in total. The third kappa shape index (κ3) is 3.90. The number of ether oxygens (including phenoxy) is 2. The Morgan fingerprint density at radius 2 is 1.97 bits per heavy atom. The number of nitro benzene ring substituents is 1. The van der Waals surface area contributed by atoms with Gasteiger partial charge in [0, 0.05) is 6.07 Å². The van der Waals surface area contributed by atoms with E-state index in [1.165, 1.54) is 31.6 Å². The van der Waals surface area contributed by atoms with Crippen molar-refractivity contribution < 1.29 is 19.2 Å². The fraction of sp³-hybridized carbons (Fsp3) is 0.238. The van der Waals surface area contributed by atoms with Gasteiger partial charge in [-0.25, -0.2) is 0 Å². The van der Waals surface area contributed by atoms with Crippen LogP contribution in [0.25, 0.3) is 10.2 Å². The molecule has 1 amide bonds. The molecular weight excluding hydrogens is 406 g/mol. The number of aromatic nitrogens is 1. The Kier molecular flexibility index (Phi) is 6.18. The molecule has 3 aromatic rings. The summed E-state index contributed by atoms with van der Waals surface area (Å²) >= 11 is 1.30. The summed E-state index contributed by atoms with van der Waals surface area (Å²) in [6.45, 7) is 2.26. The van der Waals surface area contributed by atoms with E-state index in [0.717, 1.165) is 28.3 Å². The first-order valence-corrected chi connectivity index (χ1v) is 9.80. The molecule has 8 nitrogen and oxygen atoms in total. The SMILES string of the molecule is C#CCn1c(=NC(=O)c2cc(OC)c(OC)cc2[N+](=O)[O-])sc2cc(CC)ccc21. The Balaban J connectivity index is 2.21. The zero-order chi connectivity index (χ0) is 21.8. The third-order valence-corrected chi connectivity index (χ3v) is 5.57. The summed E-state index contributed by atoms with van der Waals surface area (Å²) in [4.78, 5) is 28.3. The molecule has 9 heteroatoms. The lowest BCUT2D eigenvalue weighted by Crippen LogP contribution is -2.17. The van der Waals surface area contributed by atoms with E-state index in [2.05, 4.69) is 17.8 Å². The first-order chi connectivity index (χ1) is 14.4. The van der Waals surface area contributed by atoms with Crippen molar-refractivity contribution >= 4 is 33.1 Å². The molecule has 0 spiro atoms. The molecule has 1 heterocycles. The molecular formula is C21H19N3O5S. The van der Waals surface area contributed by atoms with Crippen molar-refractivity contribution in [3.05, 3.63) is 56.4 Å². The highest BCUT2D eigenvalue weighted by molar-refractivity contribution is 7.16. The number of hydrogen-bond acceptors (Lipinski definition) is 6. The van der Waals surface area contributed by atoms with E-state index >= 15 is 0 Å². The molecule has 154 valence electrons. The van der Waals surface area contributed by atoms with E-state index in [1.807, 2.05) is 18.2 Å². The molecule has 0 radical (unpaired) electrons. The van der Waals surface area contributed by atoms with Crippen molar-refractivity contribution in [2.45, 2.75) is 19.9 Å². The molecule has 0 bridgehead atoms. The summed E-state index contributed by atoms with van der Waals surface area (Å²) in [5.41, 5.74) is 1.38. The summed E-state index contributed by atoms with van der Waals surface area (Å²) in [7, 11) is 2.74. The molecule has 1 aromatic heterocycles. The first kappa shape index (κ1) is 21.1. The molecule has 0 atom stereocenters. The lowest BCUT2D eigenvalue weighted by atomic mass is 10.1. The van der Waals surface area contributed by atoms with Crippen LogP contribution in [0.1, 0.15) is 22.8 Å². The van der Waals surface area contributed by atoms with Gasteiger partial charge in [-0.3, -0.25) is 14.9 Å². The van der Waals surface area contributed by atoms with E-state index in [1.54, 1.807) is 4.57 Å². The number of carbonyl (C=O) groups is 1. The predicted octanol–water partition coefficient (Wildman–Crippen LogP) is 3.56. The van der Waals surface area contributed by atoms with Gasteiger partial charge in [0.05, 0.1) is 42.0 Å². The summed E-state index contributed by atoms with van der Waals surface area (Å²) in [5, 5.41) is 11.5. The van der Waals surface area contributed by atoms with E-state index in [9.17, 15) is 14.9 Å². The highest BCUT2D eigenvalue weighted by Crippen LogP contribution is 2.34. The average Bonchev–Trinajstić information content (AvgIpc) is 3.08. The summed E-state index contributed by atoms with van der Waals surface area (Å²) < 4.78 is 12.9. The monoisotopic (exact) mass is 425 g/mol. The van der Waals surface area contributed by atoms with Crippen LogP contribution in [0.2, 0.25) is 0 Å². The zero-order valence-corrected chi connectivity index (χ0v) is 17.5. The fourth-order valence-electron chi connectivity index (χ4n) is 3.00. The van der Waals surface area contributed by atoms with Gasteiger partial charge in [-0.1, -0.05) is 30.2 Å². The van der Waals surface area contributed by atoms with Crippen LogP contribution in [0.4, 0.5) is 5.69 Å². The number of carbonyl (C=O) groups excluding carboxylic acids is 1. The Bertz CT molecular complexity index is 1250. The van der Waals surface area contributed by atoms with Crippen LogP contribution in [0.15, 0.2) is 35.3 Å². The molecule has 0 unspecified atom stereocenters. The molecule has 0 aliphatic carbocycles. The van der Waals surface area contributed by atoms with Crippen LogP contribution >= 0.6 is 11.3 Å². The number of amides is 1. The Morgan fingerprint density at radius 1 is 1.27 bits per heavy atom. The number of fused-ring (bicyclic) bond motifs is 1. The molecule has 0 fully saturated rings. The molecule has 0 aliphatic heterocycles. The number of rotatable bonds is 6. The van der Waals surface area contributed by atoms with Crippen LogP contribution < -0.4 is 14.3 Å². The minimum Gasteiger partial charge on any atom is -0.493 e. The van der Waals surface area contributed by atoms with Gasteiger partial charge >= 0.3 is 0 Å². The lowest BCUT2D eigenvalue weighted by Gasteiger charge is -2.08. The minimum atomic E-state index is -0.768. The van der Waals surface area contributed by atoms with Crippen LogP contribution in [-0.4, -0.2) is 29.6 Å². The van der Waals surface area contributed by atoms with E-state index in [0.29, 0.717) is 4.80 Å². The molecule has 3 rings (SSSR count). The van der Waals surface area contributed by atoms with Crippen molar-refractivity contribution in [1.29, 1.82) is 0 Å². The number of nitrogens with zero attached hydrogens (tertiary/aromatic N) is 3. The van der Waals surface area contributed by atoms with Crippen LogP contribution in [0, 0.1) is 22.5 Å². The quantitative estimate of drug-likeness (QED) is 0.342. The summed E-state index contributed by atoms with van der Waals surface area (Å²) in [5.74, 6) is 2.14. The minimum absolute atomic E-state index is 0.150. The number of methoxy groups -OCH3 is 2. The molecule has 0 saturated heterocycles. The normalized spacial score (nSPS) is 11.3. The predicted molar refractivity (Wildman–Crippen MR) is 114 cm³/mol. The highest BCUT2D eigenvalue weighted by Gasteiger charge is 2.24. The van der Waals surface area contributed by atoms with Gasteiger partial charge in [0.25, 0.3) is 11.6 Å². The second kappa shape index (κ2) is 8.80. The van der Waals surface area contributed by atoms with Gasteiger partial charge in [-0.15, -0.1) is 6.42 Å². The zero-order valence-electron chi connectivity index (χ0n) is 16.7. The Labute approximate surface area is 176 Å². The topological polar surface area (TPSA) is 96.0 Å². The molecule has 0 saturated carbocycles. The number of benzene rings is 2. The van der Waals surface area contributed by atoms with Gasteiger partial charge in [0.15, 0.2) is 16.3 Å². The Morgan fingerprint density at radius 3 is 2.57 bits per heavy atom. The van der Waals surface area contributed by atoms with Crippen molar-refractivity contribution in [2.24, 2.45) is 4.99 Å². The summed E-state index contributed by atoms with van der Waals surface area (Å²) in [6.07, 6.45) is 6.37. The van der Waals surface area contributed by atoms with Crippen molar-refractivity contribution in [3.8, 4) is 23.8 Å². The van der Waals surface area contributed by atoms with Gasteiger partial charge in [0.2, 0.25) is 0 Å². The van der Waals surface area contributed by atoms with Gasteiger partial charge < -0.3 is 14.0 Å². The lowest BCUT2D eigenvalue weighted by molar-refractivity contribution is -0.385. The maximum Gasteiger partial charge on any atom is 0.286 e. The number of hydrogen-bond donors (Lipinski definition) is 0. The van der Waals surface area contributed by atoms with Crippen molar-refractivity contribution in [1.82, 2.24) is 4.57 Å². The second-order valence-electron chi connectivity index (χ2n) is 6.23. The maximum absolute atomic E-state index is 12.9. The van der Waals surface area contributed by atoms with Gasteiger partial charge in [0.1, 0.15) is 5.56 Å². The number of thiazole rings is 1. The third-order valence-electron chi connectivity index (χ3n) is 4.53. The van der Waals surface area contributed by atoms with Crippen LogP contribution in [0.5, 0.6) is 11.5 Å². The average molecular weight is 425 g/mol. The standard InChI is InChI=1S/C21H19N3O5S/c1-5-9-23-15-8-7-13(6-2)10-19(15)30-21(23)22-20(25)14-11-17(28-3)18(29-4)12-16(14)24(26)27/h1,7-8,10-12H,6,9H2,2-4H3. The van der Waals surface area contributed by atoms with Crippen LogP contribution in [0.3, 0.4) is 0 Å². The second-order valence-corrected chi connectivity index (χ2v) is 7.24. The van der Waals surface area contributed by atoms with Crippen molar-refractivity contribution in [2.75, 3.05) is 14.2 Å². The molecule has 0 aliphatic rings. The van der Waals surface area contributed by atoms with Gasteiger partial charge in [-0.2, -0.15) is 4.99 Å². The first-order valence-electron chi connectivity index (χ1n) is 8.98. The maximum atomic E-state index is 12.9. The number of nitro groups is 1. The molecule has 2 aromatic carbocycles. The number of aryl methyl sites for hydroxylation is 1. The Hall–Kier alpha value is -3.64. The highest BCUT2D eigenvalue weighted by atomic mass is 32.1. The largest absolute Gasteiger partial charge is 0.493 e. The van der Waals surface area contributed by atoms with Crippen LogP contribution in [-0.2, 0) is 13.0 Å². The van der Waals surface area contributed by atoms with Crippen molar-refractivity contribution in [3.63, 3.8) is 0 Å². The summed E-state index contributed by atoms with van der Waals surface area (Å²) in [6, 6.07) is 8.36. The van der Waals surface area contributed by atoms with E-state index in [4.69, 9.17) is 15.9 Å². The molecule has 30 heavy (non-hydrogen) atoms. The van der Waals surface area contributed by atoms with E-state index in [-0.39, 0.29) is 23.6 Å². The fourth-order valence-corrected chi connectivity index (χ4v) is 4.10.